The molecule has 1 fully saturated rings. The minimum absolute atomic E-state index is 0.0364. The van der Waals surface area contributed by atoms with Crippen molar-refractivity contribution in [1.29, 1.82) is 0 Å². The van der Waals surface area contributed by atoms with Gasteiger partial charge in [-0.1, -0.05) is 32.0 Å². The number of carbonyl (C=O) groups excluding carboxylic acids is 1. The first kappa shape index (κ1) is 12.1. The fourth-order valence-corrected chi connectivity index (χ4v) is 2.04. The van der Waals surface area contributed by atoms with Crippen LogP contribution in [0.25, 0.3) is 0 Å². The first-order chi connectivity index (χ1) is 8.09. The van der Waals surface area contributed by atoms with E-state index >= 15 is 0 Å². The predicted molar refractivity (Wildman–Crippen MR) is 65.1 cm³/mol. The smallest absolute Gasteiger partial charge is 0.223 e. The molecule has 1 aromatic rings. The summed E-state index contributed by atoms with van der Waals surface area (Å²) in [6.45, 7) is 4.81. The summed E-state index contributed by atoms with van der Waals surface area (Å²) in [5.74, 6) is 0.349. The van der Waals surface area contributed by atoms with E-state index in [1.807, 2.05) is 6.07 Å². The number of nitrogens with one attached hydrogen (secondary N) is 1. The van der Waals surface area contributed by atoms with Gasteiger partial charge in [0.25, 0.3) is 0 Å². The largest absolute Gasteiger partial charge is 0.356 e. The van der Waals surface area contributed by atoms with E-state index in [4.69, 9.17) is 0 Å². The Kier molecular flexibility index (Phi) is 3.46. The average Bonchev–Trinajstić information content (AvgIpc) is 3.06. The van der Waals surface area contributed by atoms with Crippen molar-refractivity contribution in [2.75, 3.05) is 6.54 Å². The molecular weight excluding hydrogens is 217 g/mol. The number of halogens is 1. The summed E-state index contributed by atoms with van der Waals surface area (Å²) >= 11 is 0. The lowest BCUT2D eigenvalue weighted by Gasteiger charge is -2.07. The van der Waals surface area contributed by atoms with E-state index in [0.29, 0.717) is 18.0 Å². The molecule has 2 nitrogen and oxygen atoms in total. The molecule has 1 aliphatic carbocycles. The van der Waals surface area contributed by atoms with Gasteiger partial charge >= 0.3 is 0 Å². The molecule has 1 amide bonds. The van der Waals surface area contributed by atoms with Gasteiger partial charge in [0.2, 0.25) is 5.91 Å². The molecule has 0 saturated heterocycles. The van der Waals surface area contributed by atoms with Crippen molar-refractivity contribution in [1.82, 2.24) is 5.32 Å². The predicted octanol–water partition coefficient (Wildman–Crippen LogP) is 2.70. The zero-order valence-corrected chi connectivity index (χ0v) is 10.2. The van der Waals surface area contributed by atoms with Gasteiger partial charge in [0.05, 0.1) is 0 Å². The summed E-state index contributed by atoms with van der Waals surface area (Å²) in [6, 6.07) is 6.72. The van der Waals surface area contributed by atoms with Crippen molar-refractivity contribution in [3.63, 3.8) is 0 Å². The number of hydrogen-bond acceptors (Lipinski definition) is 1. The maximum absolute atomic E-state index is 13.5. The minimum atomic E-state index is -0.198. The summed E-state index contributed by atoms with van der Waals surface area (Å²) in [5, 5.41) is 2.90. The Morgan fingerprint density at radius 2 is 2.18 bits per heavy atom. The summed E-state index contributed by atoms with van der Waals surface area (Å²) in [5.41, 5.74) is 0.678. The molecule has 2 atom stereocenters. The molecule has 0 aromatic heterocycles. The monoisotopic (exact) mass is 235 g/mol. The van der Waals surface area contributed by atoms with Crippen LogP contribution >= 0.6 is 0 Å². The Morgan fingerprint density at radius 1 is 1.47 bits per heavy atom. The fourth-order valence-electron chi connectivity index (χ4n) is 2.04. The molecule has 0 spiro atoms. The summed E-state index contributed by atoms with van der Waals surface area (Å²) in [7, 11) is 0. The lowest BCUT2D eigenvalue weighted by molar-refractivity contribution is -0.122. The van der Waals surface area contributed by atoms with Gasteiger partial charge in [-0.3, -0.25) is 4.79 Å². The van der Waals surface area contributed by atoms with Gasteiger partial charge in [0.15, 0.2) is 0 Å². The molecular formula is C14H18FNO. The zero-order valence-electron chi connectivity index (χ0n) is 10.2. The molecule has 1 aliphatic rings. The maximum atomic E-state index is 13.5. The van der Waals surface area contributed by atoms with Crippen molar-refractivity contribution in [3.05, 3.63) is 35.6 Å². The van der Waals surface area contributed by atoms with Gasteiger partial charge in [-0.05, 0) is 29.9 Å². The molecule has 0 heterocycles. The molecule has 2 unspecified atom stereocenters. The summed E-state index contributed by atoms with van der Waals surface area (Å²) in [4.78, 5) is 11.8. The van der Waals surface area contributed by atoms with Gasteiger partial charge in [0, 0.05) is 12.5 Å². The topological polar surface area (TPSA) is 29.1 Å². The molecule has 1 aromatic carbocycles. The third kappa shape index (κ3) is 2.84. The Morgan fingerprint density at radius 3 is 2.82 bits per heavy atom. The van der Waals surface area contributed by atoms with Gasteiger partial charge in [0.1, 0.15) is 5.82 Å². The zero-order chi connectivity index (χ0) is 12.4. The van der Waals surface area contributed by atoms with Crippen LogP contribution in [0.1, 0.15) is 31.7 Å². The molecule has 0 bridgehead atoms. The second kappa shape index (κ2) is 4.86. The third-order valence-electron chi connectivity index (χ3n) is 3.12. The van der Waals surface area contributed by atoms with Crippen molar-refractivity contribution in [2.45, 2.75) is 26.2 Å². The Hall–Kier alpha value is -1.38. The van der Waals surface area contributed by atoms with E-state index in [1.165, 1.54) is 6.07 Å². The molecule has 3 heteroatoms. The van der Waals surface area contributed by atoms with Crippen LogP contribution in [0.4, 0.5) is 4.39 Å². The van der Waals surface area contributed by atoms with Crippen molar-refractivity contribution in [2.24, 2.45) is 11.8 Å². The second-order valence-electron chi connectivity index (χ2n) is 5.11. The first-order valence-corrected chi connectivity index (χ1v) is 6.11. The van der Waals surface area contributed by atoms with Gasteiger partial charge in [-0.2, -0.15) is 0 Å². The number of benzene rings is 1. The molecule has 92 valence electrons. The molecule has 1 saturated carbocycles. The number of carbonyl (C=O) groups is 1. The van der Waals surface area contributed by atoms with Gasteiger partial charge in [-0.25, -0.2) is 4.39 Å². The highest BCUT2D eigenvalue weighted by Gasteiger charge is 2.44. The first-order valence-electron chi connectivity index (χ1n) is 6.11. The summed E-state index contributed by atoms with van der Waals surface area (Å²) < 4.78 is 13.5. The standard InChI is InChI=1S/C14H18FNO/c1-9(2)8-16-14(17)12-7-11(12)10-5-3-4-6-13(10)15/h3-6,9,11-12H,7-8H2,1-2H3,(H,16,17). The van der Waals surface area contributed by atoms with Crippen LogP contribution in [0.3, 0.4) is 0 Å². The highest BCUT2D eigenvalue weighted by molar-refractivity contribution is 5.82. The van der Waals surface area contributed by atoms with E-state index in [1.54, 1.807) is 12.1 Å². The molecule has 0 radical (unpaired) electrons. The molecule has 1 N–H and O–H groups in total. The maximum Gasteiger partial charge on any atom is 0.223 e. The van der Waals surface area contributed by atoms with Crippen molar-refractivity contribution in [3.8, 4) is 0 Å². The van der Waals surface area contributed by atoms with Crippen LogP contribution in [-0.4, -0.2) is 12.5 Å². The lowest BCUT2D eigenvalue weighted by atomic mass is 10.1. The van der Waals surface area contributed by atoms with E-state index in [9.17, 15) is 9.18 Å². The van der Waals surface area contributed by atoms with E-state index in [0.717, 1.165) is 6.42 Å². The lowest BCUT2D eigenvalue weighted by Crippen LogP contribution is -2.29. The molecule has 2 rings (SSSR count). The number of hydrogen-bond donors (Lipinski definition) is 1. The van der Waals surface area contributed by atoms with Crippen LogP contribution < -0.4 is 5.32 Å². The summed E-state index contributed by atoms with van der Waals surface area (Å²) in [6.07, 6.45) is 0.769. The molecule has 0 aliphatic heterocycles. The van der Waals surface area contributed by atoms with E-state index in [-0.39, 0.29) is 23.6 Å². The highest BCUT2D eigenvalue weighted by Crippen LogP contribution is 2.48. The highest BCUT2D eigenvalue weighted by atomic mass is 19.1. The number of rotatable bonds is 4. The Labute approximate surface area is 101 Å². The third-order valence-corrected chi connectivity index (χ3v) is 3.12. The van der Waals surface area contributed by atoms with E-state index < -0.39 is 0 Å². The van der Waals surface area contributed by atoms with Gasteiger partial charge < -0.3 is 5.32 Å². The van der Waals surface area contributed by atoms with E-state index in [2.05, 4.69) is 19.2 Å². The Bertz CT molecular complexity index is 416. The van der Waals surface area contributed by atoms with Crippen molar-refractivity contribution < 1.29 is 9.18 Å². The van der Waals surface area contributed by atoms with Gasteiger partial charge in [-0.15, -0.1) is 0 Å². The number of amides is 1. The Balaban J connectivity index is 1.92. The van der Waals surface area contributed by atoms with Crippen LogP contribution in [0, 0.1) is 17.7 Å². The SMILES string of the molecule is CC(C)CNC(=O)C1CC1c1ccccc1F. The molecule has 17 heavy (non-hydrogen) atoms. The quantitative estimate of drug-likeness (QED) is 0.854. The fraction of sp³-hybridized carbons (Fsp3) is 0.500. The van der Waals surface area contributed by atoms with Crippen LogP contribution in [-0.2, 0) is 4.79 Å². The normalized spacial score (nSPS) is 22.6. The van der Waals surface area contributed by atoms with Crippen molar-refractivity contribution >= 4 is 5.91 Å². The average molecular weight is 235 g/mol. The van der Waals surface area contributed by atoms with Crippen LogP contribution in [0.2, 0.25) is 0 Å². The minimum Gasteiger partial charge on any atom is -0.356 e. The van der Waals surface area contributed by atoms with Crippen LogP contribution in [0.5, 0.6) is 0 Å². The van der Waals surface area contributed by atoms with Crippen LogP contribution in [0.15, 0.2) is 24.3 Å². The second-order valence-corrected chi connectivity index (χ2v) is 5.11.